The summed E-state index contributed by atoms with van der Waals surface area (Å²) in [4.78, 5) is 24.7. The molecule has 0 aliphatic carbocycles. The number of carbonyl (C=O) groups is 1. The van der Waals surface area contributed by atoms with Crippen LogP contribution >= 0.6 is 0 Å². The van der Waals surface area contributed by atoms with Crippen LogP contribution in [0.5, 0.6) is 0 Å². The number of hydrogen-bond acceptors (Lipinski definition) is 4. The van der Waals surface area contributed by atoms with Crippen LogP contribution in [0.25, 0.3) is 0 Å². The van der Waals surface area contributed by atoms with Crippen molar-refractivity contribution in [3.05, 3.63) is 48.4 Å². The highest BCUT2D eigenvalue weighted by Gasteiger charge is 2.20. The summed E-state index contributed by atoms with van der Waals surface area (Å²) in [6.07, 6.45) is 5.05. The summed E-state index contributed by atoms with van der Waals surface area (Å²) in [6, 6.07) is 7.50. The third kappa shape index (κ3) is 3.18. The molecule has 0 bridgehead atoms. The summed E-state index contributed by atoms with van der Waals surface area (Å²) in [5.74, 6) is 0.590. The van der Waals surface area contributed by atoms with Gasteiger partial charge in [-0.25, -0.2) is 4.98 Å². The van der Waals surface area contributed by atoms with Gasteiger partial charge in [-0.15, -0.1) is 0 Å². The molecule has 0 spiro atoms. The van der Waals surface area contributed by atoms with E-state index >= 15 is 0 Å². The first-order valence-electron chi connectivity index (χ1n) is 6.88. The number of hydrogen-bond donors (Lipinski definition) is 0. The first-order chi connectivity index (χ1) is 10.0. The van der Waals surface area contributed by atoms with Gasteiger partial charge in [-0.3, -0.25) is 9.78 Å². The van der Waals surface area contributed by atoms with Gasteiger partial charge in [0.05, 0.1) is 17.4 Å². The lowest BCUT2D eigenvalue weighted by molar-refractivity contribution is 0.0993. The van der Waals surface area contributed by atoms with E-state index in [2.05, 4.69) is 23.8 Å². The molecule has 0 radical (unpaired) electrons. The second kappa shape index (κ2) is 6.35. The number of rotatable bonds is 4. The molecular formula is C16H20N4O. The molecule has 2 aromatic heterocycles. The van der Waals surface area contributed by atoms with Crippen molar-refractivity contribution in [2.75, 3.05) is 23.9 Å². The summed E-state index contributed by atoms with van der Waals surface area (Å²) in [5, 5.41) is 0. The molecule has 1 amide bonds. The molecule has 110 valence electrons. The van der Waals surface area contributed by atoms with Crippen LogP contribution in [0.3, 0.4) is 0 Å². The zero-order valence-electron chi connectivity index (χ0n) is 12.8. The summed E-state index contributed by atoms with van der Waals surface area (Å²) >= 11 is 0. The molecule has 5 heteroatoms. The Balaban J connectivity index is 2.36. The van der Waals surface area contributed by atoms with Crippen LogP contribution in [0.2, 0.25) is 0 Å². The van der Waals surface area contributed by atoms with Crippen LogP contribution in [0.4, 0.5) is 11.5 Å². The van der Waals surface area contributed by atoms with Crippen molar-refractivity contribution < 1.29 is 4.79 Å². The topological polar surface area (TPSA) is 49.3 Å². The van der Waals surface area contributed by atoms with Crippen molar-refractivity contribution in [1.82, 2.24) is 9.97 Å². The van der Waals surface area contributed by atoms with E-state index < -0.39 is 0 Å². The predicted molar refractivity (Wildman–Crippen MR) is 84.7 cm³/mol. The highest BCUT2D eigenvalue weighted by atomic mass is 16.2. The monoisotopic (exact) mass is 284 g/mol. The fourth-order valence-electron chi connectivity index (χ4n) is 1.94. The summed E-state index contributed by atoms with van der Waals surface area (Å²) in [5.41, 5.74) is 1.34. The van der Waals surface area contributed by atoms with Crippen LogP contribution in [0.1, 0.15) is 24.2 Å². The zero-order chi connectivity index (χ0) is 15.4. The highest BCUT2D eigenvalue weighted by Crippen LogP contribution is 2.21. The SMILES string of the molecule is CC(C)N(C)c1ncccc1C(=O)N(C)c1cccnc1. The third-order valence-corrected chi connectivity index (χ3v) is 3.46. The molecule has 2 aromatic rings. The molecule has 0 saturated carbocycles. The van der Waals surface area contributed by atoms with Crippen LogP contribution in [-0.2, 0) is 0 Å². The number of nitrogens with zero attached hydrogens (tertiary/aromatic N) is 4. The van der Waals surface area contributed by atoms with E-state index in [0.717, 1.165) is 5.69 Å². The van der Waals surface area contributed by atoms with E-state index in [1.165, 1.54) is 0 Å². The maximum absolute atomic E-state index is 12.7. The van der Waals surface area contributed by atoms with Gasteiger partial charge >= 0.3 is 0 Å². The highest BCUT2D eigenvalue weighted by molar-refractivity contribution is 6.08. The largest absolute Gasteiger partial charge is 0.357 e. The van der Waals surface area contributed by atoms with Gasteiger partial charge in [0.2, 0.25) is 0 Å². The van der Waals surface area contributed by atoms with E-state index in [9.17, 15) is 4.79 Å². The molecule has 0 aliphatic rings. The van der Waals surface area contributed by atoms with Gasteiger partial charge < -0.3 is 9.80 Å². The Morgan fingerprint density at radius 3 is 2.48 bits per heavy atom. The van der Waals surface area contributed by atoms with Crippen molar-refractivity contribution in [3.8, 4) is 0 Å². The lowest BCUT2D eigenvalue weighted by atomic mass is 10.2. The first kappa shape index (κ1) is 15.0. The van der Waals surface area contributed by atoms with Gasteiger partial charge in [-0.2, -0.15) is 0 Å². The fourth-order valence-corrected chi connectivity index (χ4v) is 1.94. The maximum atomic E-state index is 12.7. The number of pyridine rings is 2. The van der Waals surface area contributed by atoms with Crippen molar-refractivity contribution in [1.29, 1.82) is 0 Å². The zero-order valence-corrected chi connectivity index (χ0v) is 12.8. The van der Waals surface area contributed by atoms with Gasteiger partial charge in [0.25, 0.3) is 5.91 Å². The van der Waals surface area contributed by atoms with E-state index in [0.29, 0.717) is 11.4 Å². The van der Waals surface area contributed by atoms with Crippen molar-refractivity contribution >= 4 is 17.4 Å². The smallest absolute Gasteiger partial charge is 0.261 e. The van der Waals surface area contributed by atoms with E-state index in [1.54, 1.807) is 42.7 Å². The van der Waals surface area contributed by atoms with E-state index in [4.69, 9.17) is 0 Å². The minimum absolute atomic E-state index is 0.0985. The van der Waals surface area contributed by atoms with Crippen LogP contribution < -0.4 is 9.80 Å². The summed E-state index contributed by atoms with van der Waals surface area (Å²) in [6.45, 7) is 4.13. The Labute approximate surface area is 125 Å². The van der Waals surface area contributed by atoms with Gasteiger partial charge in [-0.05, 0) is 38.1 Å². The van der Waals surface area contributed by atoms with Crippen LogP contribution in [0.15, 0.2) is 42.9 Å². The van der Waals surface area contributed by atoms with Crippen LogP contribution in [0, 0.1) is 0 Å². The molecule has 2 rings (SSSR count). The average molecular weight is 284 g/mol. The molecule has 0 unspecified atom stereocenters. The molecular weight excluding hydrogens is 264 g/mol. The van der Waals surface area contributed by atoms with Gasteiger partial charge in [0.15, 0.2) is 0 Å². The Morgan fingerprint density at radius 2 is 1.86 bits per heavy atom. The Bertz CT molecular complexity index is 613. The number of aromatic nitrogens is 2. The minimum Gasteiger partial charge on any atom is -0.357 e. The van der Waals surface area contributed by atoms with Crippen molar-refractivity contribution in [2.45, 2.75) is 19.9 Å². The quantitative estimate of drug-likeness (QED) is 0.866. The second-order valence-corrected chi connectivity index (χ2v) is 5.15. The van der Waals surface area contributed by atoms with Gasteiger partial charge in [0, 0.05) is 32.5 Å². The number of anilines is 2. The summed E-state index contributed by atoms with van der Waals surface area (Å²) in [7, 11) is 3.68. The maximum Gasteiger partial charge on any atom is 0.261 e. The molecule has 5 nitrogen and oxygen atoms in total. The van der Waals surface area contributed by atoms with E-state index in [1.807, 2.05) is 24.1 Å². The normalized spacial score (nSPS) is 10.5. The number of carbonyl (C=O) groups excluding carboxylic acids is 1. The minimum atomic E-state index is -0.0985. The lowest BCUT2D eigenvalue weighted by Gasteiger charge is -2.26. The van der Waals surface area contributed by atoms with Crippen LogP contribution in [-0.4, -0.2) is 36.0 Å². The predicted octanol–water partition coefficient (Wildman–Crippen LogP) is 2.60. The molecule has 0 N–H and O–H groups in total. The average Bonchev–Trinajstić information content (AvgIpc) is 2.53. The number of amides is 1. The standard InChI is InChI=1S/C16H20N4O/c1-12(2)19(3)15-14(8-6-10-18-15)16(21)20(4)13-7-5-9-17-11-13/h5-12H,1-4H3. The van der Waals surface area contributed by atoms with Gasteiger partial charge in [-0.1, -0.05) is 0 Å². The molecule has 2 heterocycles. The lowest BCUT2D eigenvalue weighted by Crippen LogP contribution is -2.32. The Kier molecular flexibility index (Phi) is 4.52. The molecule has 21 heavy (non-hydrogen) atoms. The first-order valence-corrected chi connectivity index (χ1v) is 6.88. The molecule has 0 atom stereocenters. The van der Waals surface area contributed by atoms with Gasteiger partial charge in [0.1, 0.15) is 5.82 Å². The molecule has 0 aliphatic heterocycles. The van der Waals surface area contributed by atoms with Crippen molar-refractivity contribution in [2.24, 2.45) is 0 Å². The molecule has 0 fully saturated rings. The Morgan fingerprint density at radius 1 is 1.14 bits per heavy atom. The Hall–Kier alpha value is -2.43. The molecule has 0 saturated heterocycles. The molecule has 0 aromatic carbocycles. The fraction of sp³-hybridized carbons (Fsp3) is 0.312. The second-order valence-electron chi connectivity index (χ2n) is 5.15. The van der Waals surface area contributed by atoms with E-state index in [-0.39, 0.29) is 11.9 Å². The van der Waals surface area contributed by atoms with Crippen molar-refractivity contribution in [3.63, 3.8) is 0 Å². The summed E-state index contributed by atoms with van der Waals surface area (Å²) < 4.78 is 0. The third-order valence-electron chi connectivity index (χ3n) is 3.46.